The van der Waals surface area contributed by atoms with Gasteiger partial charge in [-0.3, -0.25) is 9.36 Å². The molecule has 10 nitrogen and oxygen atoms in total. The molecule has 0 aliphatic carbocycles. The van der Waals surface area contributed by atoms with Crippen LogP contribution >= 0.6 is 7.82 Å². The third-order valence-electron chi connectivity index (χ3n) is 9.87. The standard InChI is InChI=1S/C45H68NO9P/c1-7-8-9-10-11-12-13-14-15-16-17-18-22-25-44(47)55-43(37-54-56(48,49)53-35-34-46(2,3)4)36-52-45(38-23-20-19-21-24-38,39-26-30-41(50-5)31-27-39)40-28-32-42(51-6)33-29-40/h19-21,23-24,26-33,43H,7-18,22,25,34-37H2,1-6H3/t43-/m1/s1. The van der Waals surface area contributed by atoms with Crippen molar-refractivity contribution in [3.8, 4) is 11.5 Å². The van der Waals surface area contributed by atoms with Crippen LogP contribution in [-0.4, -0.2) is 78.3 Å². The predicted octanol–water partition coefficient (Wildman–Crippen LogP) is 9.61. The van der Waals surface area contributed by atoms with Crippen LogP contribution in [0.1, 0.15) is 114 Å². The first-order valence-corrected chi connectivity index (χ1v) is 22.0. The van der Waals surface area contributed by atoms with E-state index in [1.54, 1.807) is 14.2 Å². The number of phosphoric acid groups is 1. The molecule has 11 heteroatoms. The molecule has 0 saturated heterocycles. The fourth-order valence-corrected chi connectivity index (χ4v) is 7.31. The van der Waals surface area contributed by atoms with E-state index >= 15 is 0 Å². The number of likely N-dealkylation sites (N-methyl/N-ethyl adjacent to an activating group) is 1. The van der Waals surface area contributed by atoms with E-state index in [2.05, 4.69) is 6.92 Å². The number of carbonyl (C=O) groups is 1. The molecule has 56 heavy (non-hydrogen) atoms. The van der Waals surface area contributed by atoms with Crippen LogP contribution < -0.4 is 14.4 Å². The minimum atomic E-state index is -4.72. The van der Waals surface area contributed by atoms with Gasteiger partial charge in [0.15, 0.2) is 0 Å². The number of nitrogens with zero attached hydrogens (tertiary/aromatic N) is 1. The zero-order valence-corrected chi connectivity index (χ0v) is 35.8. The quantitative estimate of drug-likeness (QED) is 0.0214. The number of benzene rings is 3. The topological polar surface area (TPSA) is 113 Å². The molecular formula is C45H68NO9P. The maximum absolute atomic E-state index is 13.3. The van der Waals surface area contributed by atoms with E-state index in [1.807, 2.05) is 100 Å². The first-order chi connectivity index (χ1) is 26.9. The van der Waals surface area contributed by atoms with Crippen molar-refractivity contribution in [1.82, 2.24) is 0 Å². The van der Waals surface area contributed by atoms with E-state index in [4.69, 9.17) is 28.0 Å². The second-order valence-corrected chi connectivity index (χ2v) is 16.9. The summed E-state index contributed by atoms with van der Waals surface area (Å²) in [5.41, 5.74) is 1.17. The molecule has 0 aliphatic heterocycles. The van der Waals surface area contributed by atoms with Gasteiger partial charge in [-0.1, -0.05) is 139 Å². The monoisotopic (exact) mass is 797 g/mol. The molecule has 3 aromatic rings. The van der Waals surface area contributed by atoms with Gasteiger partial charge >= 0.3 is 5.97 Å². The first-order valence-electron chi connectivity index (χ1n) is 20.5. The minimum Gasteiger partial charge on any atom is -0.756 e. The van der Waals surface area contributed by atoms with Crippen molar-refractivity contribution in [3.05, 3.63) is 95.6 Å². The highest BCUT2D eigenvalue weighted by molar-refractivity contribution is 7.45. The Morgan fingerprint density at radius 3 is 1.59 bits per heavy atom. The molecule has 0 saturated carbocycles. The molecule has 0 bridgehead atoms. The zero-order chi connectivity index (χ0) is 40.7. The molecule has 2 atom stereocenters. The van der Waals surface area contributed by atoms with Gasteiger partial charge in [0, 0.05) is 6.42 Å². The highest BCUT2D eigenvalue weighted by Gasteiger charge is 2.39. The van der Waals surface area contributed by atoms with Crippen molar-refractivity contribution < 1.29 is 46.7 Å². The van der Waals surface area contributed by atoms with Crippen LogP contribution in [0.2, 0.25) is 0 Å². The molecule has 312 valence electrons. The summed E-state index contributed by atoms with van der Waals surface area (Å²) in [6, 6.07) is 24.9. The normalized spacial score (nSPS) is 13.6. The number of methoxy groups -OCH3 is 2. The van der Waals surface area contributed by atoms with Crippen LogP contribution in [-0.2, 0) is 33.5 Å². The van der Waals surface area contributed by atoms with Gasteiger partial charge in [-0.05, 0) is 47.4 Å². The minimum absolute atomic E-state index is 0.0453. The molecule has 0 fully saturated rings. The van der Waals surface area contributed by atoms with E-state index in [-0.39, 0.29) is 19.6 Å². The van der Waals surface area contributed by atoms with Crippen molar-refractivity contribution in [2.75, 3.05) is 61.7 Å². The van der Waals surface area contributed by atoms with E-state index < -0.39 is 32.1 Å². The second kappa shape index (κ2) is 25.2. The molecule has 0 heterocycles. The van der Waals surface area contributed by atoms with Gasteiger partial charge in [0.25, 0.3) is 7.82 Å². The Hall–Kier alpha value is -3.24. The highest BCUT2D eigenvalue weighted by Crippen LogP contribution is 2.43. The lowest BCUT2D eigenvalue weighted by molar-refractivity contribution is -0.870. The van der Waals surface area contributed by atoms with Crippen LogP contribution in [0.5, 0.6) is 11.5 Å². The average Bonchev–Trinajstić information content (AvgIpc) is 3.19. The third-order valence-corrected chi connectivity index (χ3v) is 10.8. The summed E-state index contributed by atoms with van der Waals surface area (Å²) in [7, 11) is 4.32. The number of ether oxygens (including phenoxy) is 4. The first kappa shape index (κ1) is 47.1. The van der Waals surface area contributed by atoms with Crippen LogP contribution in [0.25, 0.3) is 0 Å². The third kappa shape index (κ3) is 17.1. The maximum atomic E-state index is 13.3. The van der Waals surface area contributed by atoms with E-state index in [0.29, 0.717) is 28.9 Å². The molecular weight excluding hydrogens is 729 g/mol. The van der Waals surface area contributed by atoms with Gasteiger partial charge in [-0.25, -0.2) is 0 Å². The van der Waals surface area contributed by atoms with Gasteiger partial charge in [0.2, 0.25) is 0 Å². The summed E-state index contributed by atoms with van der Waals surface area (Å²) >= 11 is 0. The molecule has 0 aliphatic rings. The lowest BCUT2D eigenvalue weighted by Crippen LogP contribution is -2.39. The second-order valence-electron chi connectivity index (χ2n) is 15.5. The molecule has 0 aromatic heterocycles. The SMILES string of the molecule is CCCCCCCCCCCCCCCC(=O)O[C@H](COC(c1ccccc1)(c1ccc(OC)cc1)c1ccc(OC)cc1)COP(=O)([O-])OCC[N+](C)(C)C. The van der Waals surface area contributed by atoms with Crippen molar-refractivity contribution in [2.24, 2.45) is 0 Å². The molecule has 0 amide bonds. The Morgan fingerprint density at radius 1 is 0.661 bits per heavy atom. The lowest BCUT2D eigenvalue weighted by Gasteiger charge is -2.37. The Bertz CT molecular complexity index is 1500. The van der Waals surface area contributed by atoms with Crippen molar-refractivity contribution in [1.29, 1.82) is 0 Å². The highest BCUT2D eigenvalue weighted by atomic mass is 31.2. The largest absolute Gasteiger partial charge is 0.756 e. The molecule has 3 aromatic carbocycles. The number of hydrogen-bond donors (Lipinski definition) is 0. The molecule has 3 rings (SSSR count). The summed E-state index contributed by atoms with van der Waals surface area (Å²) < 4.78 is 47.7. The van der Waals surface area contributed by atoms with Crippen LogP contribution in [0, 0.1) is 0 Å². The fraction of sp³-hybridized carbons (Fsp3) is 0.578. The number of carbonyl (C=O) groups excluding carboxylic acids is 1. The number of rotatable bonds is 30. The Kier molecular flexibility index (Phi) is 21.2. The van der Waals surface area contributed by atoms with E-state index in [9.17, 15) is 14.3 Å². The average molecular weight is 798 g/mol. The van der Waals surface area contributed by atoms with Crippen LogP contribution in [0.15, 0.2) is 78.9 Å². The summed E-state index contributed by atoms with van der Waals surface area (Å²) in [5, 5.41) is 0. The van der Waals surface area contributed by atoms with E-state index in [1.165, 1.54) is 57.8 Å². The van der Waals surface area contributed by atoms with Crippen molar-refractivity contribution >= 4 is 13.8 Å². The van der Waals surface area contributed by atoms with Crippen LogP contribution in [0.3, 0.4) is 0 Å². The Morgan fingerprint density at radius 2 is 1.12 bits per heavy atom. The number of phosphoric ester groups is 1. The van der Waals surface area contributed by atoms with Crippen molar-refractivity contribution in [3.63, 3.8) is 0 Å². The zero-order valence-electron chi connectivity index (χ0n) is 34.9. The molecule has 0 N–H and O–H groups in total. The number of esters is 1. The summed E-state index contributed by atoms with van der Waals surface area (Å²) in [5.74, 6) is 0.918. The molecule has 1 unspecified atom stereocenters. The van der Waals surface area contributed by atoms with Gasteiger partial charge in [0.05, 0.1) is 48.6 Å². The van der Waals surface area contributed by atoms with Gasteiger partial charge in [0.1, 0.15) is 36.4 Å². The van der Waals surface area contributed by atoms with Crippen LogP contribution in [0.4, 0.5) is 0 Å². The number of unbranched alkanes of at least 4 members (excludes halogenated alkanes) is 12. The number of quaternary nitrogens is 1. The summed E-state index contributed by atoms with van der Waals surface area (Å²) in [6.45, 7) is 2.01. The summed E-state index contributed by atoms with van der Waals surface area (Å²) in [6.07, 6.45) is 14.7. The summed E-state index contributed by atoms with van der Waals surface area (Å²) in [4.78, 5) is 26.2. The smallest absolute Gasteiger partial charge is 0.306 e. The van der Waals surface area contributed by atoms with Gasteiger partial charge in [-0.15, -0.1) is 0 Å². The van der Waals surface area contributed by atoms with Gasteiger partial charge < -0.3 is 37.4 Å². The fourth-order valence-electron chi connectivity index (χ4n) is 6.58. The Balaban J connectivity index is 1.75. The van der Waals surface area contributed by atoms with E-state index in [0.717, 1.165) is 36.0 Å². The predicted molar refractivity (Wildman–Crippen MR) is 221 cm³/mol. The van der Waals surface area contributed by atoms with Crippen molar-refractivity contribution in [2.45, 2.75) is 109 Å². The lowest BCUT2D eigenvalue weighted by atomic mass is 9.80. The molecule has 0 radical (unpaired) electrons. The Labute approximate surface area is 337 Å². The van der Waals surface area contributed by atoms with Gasteiger partial charge in [-0.2, -0.15) is 0 Å². The maximum Gasteiger partial charge on any atom is 0.306 e. The number of hydrogen-bond acceptors (Lipinski definition) is 9. The molecule has 0 spiro atoms.